The van der Waals surface area contributed by atoms with Crippen LogP contribution in [0.15, 0.2) is 30.3 Å². The molecule has 2 N–H and O–H groups in total. The molecule has 68 valence electrons. The van der Waals surface area contributed by atoms with Gasteiger partial charge in [0.1, 0.15) is 5.75 Å². The smallest absolute Gasteiger partial charge is 0.115 e. The van der Waals surface area contributed by atoms with Gasteiger partial charge in [-0.15, -0.1) is 0 Å². The quantitative estimate of drug-likeness (QED) is 0.614. The standard InChI is InChI=1S/C6H6O.C3H9NO/c7-6-4-2-1-3-5-6;1-4(2)3-5/h1-5,7H;5H,3H2,1-2H3. The molecule has 1 aromatic rings. The van der Waals surface area contributed by atoms with Gasteiger partial charge in [-0.1, -0.05) is 18.2 Å². The highest BCUT2D eigenvalue weighted by molar-refractivity contribution is 5.18. The summed E-state index contributed by atoms with van der Waals surface area (Å²) in [6.45, 7) is 0.139. The highest BCUT2D eigenvalue weighted by atomic mass is 16.3. The molecule has 12 heavy (non-hydrogen) atoms. The summed E-state index contributed by atoms with van der Waals surface area (Å²) < 4.78 is 0. The highest BCUT2D eigenvalue weighted by Crippen LogP contribution is 2.02. The van der Waals surface area contributed by atoms with Crippen molar-refractivity contribution < 1.29 is 10.2 Å². The molecule has 0 unspecified atom stereocenters. The van der Waals surface area contributed by atoms with Crippen LogP contribution >= 0.6 is 0 Å². The second-order valence-electron chi connectivity index (χ2n) is 2.56. The molecule has 0 aliphatic rings. The maximum absolute atomic E-state index is 8.63. The van der Waals surface area contributed by atoms with Crippen molar-refractivity contribution in [2.45, 2.75) is 0 Å². The summed E-state index contributed by atoms with van der Waals surface area (Å²) in [5.74, 6) is 0.322. The summed E-state index contributed by atoms with van der Waals surface area (Å²) in [4.78, 5) is 1.68. The van der Waals surface area contributed by atoms with Crippen LogP contribution in [-0.2, 0) is 0 Å². The number of nitrogens with zero attached hydrogens (tertiary/aromatic N) is 1. The van der Waals surface area contributed by atoms with Crippen LogP contribution in [0.4, 0.5) is 0 Å². The Morgan fingerprint density at radius 1 is 1.17 bits per heavy atom. The van der Waals surface area contributed by atoms with Crippen molar-refractivity contribution in [1.82, 2.24) is 4.90 Å². The van der Waals surface area contributed by atoms with Gasteiger partial charge < -0.3 is 10.2 Å². The van der Waals surface area contributed by atoms with Gasteiger partial charge >= 0.3 is 0 Å². The molecule has 0 aliphatic heterocycles. The molecule has 0 spiro atoms. The second-order valence-corrected chi connectivity index (χ2v) is 2.56. The number of hydrogen-bond acceptors (Lipinski definition) is 3. The lowest BCUT2D eigenvalue weighted by atomic mass is 10.3. The van der Waals surface area contributed by atoms with Crippen molar-refractivity contribution in [2.24, 2.45) is 0 Å². The van der Waals surface area contributed by atoms with Crippen LogP contribution < -0.4 is 0 Å². The van der Waals surface area contributed by atoms with Crippen molar-refractivity contribution in [1.29, 1.82) is 0 Å². The second kappa shape index (κ2) is 6.64. The lowest BCUT2D eigenvalue weighted by molar-refractivity contribution is 0.157. The molecule has 1 rings (SSSR count). The van der Waals surface area contributed by atoms with Gasteiger partial charge in [0.2, 0.25) is 0 Å². The minimum Gasteiger partial charge on any atom is -0.508 e. The van der Waals surface area contributed by atoms with Crippen molar-refractivity contribution >= 4 is 0 Å². The summed E-state index contributed by atoms with van der Waals surface area (Å²) in [6, 6.07) is 8.71. The number of aliphatic hydroxyl groups excluding tert-OH is 1. The number of aliphatic hydroxyl groups is 1. The third-order valence-corrected chi connectivity index (χ3v) is 1.04. The molecule has 0 atom stereocenters. The first-order chi connectivity index (χ1) is 5.66. The average molecular weight is 169 g/mol. The molecule has 0 radical (unpaired) electrons. The van der Waals surface area contributed by atoms with Gasteiger partial charge in [0, 0.05) is 0 Å². The zero-order chi connectivity index (χ0) is 9.40. The summed E-state index contributed by atoms with van der Waals surface area (Å²) in [5, 5.41) is 16.7. The minimum absolute atomic E-state index is 0.139. The number of hydrogen-bond donors (Lipinski definition) is 2. The van der Waals surface area contributed by atoms with Crippen LogP contribution in [0.2, 0.25) is 0 Å². The zero-order valence-electron chi connectivity index (χ0n) is 7.44. The summed E-state index contributed by atoms with van der Waals surface area (Å²) >= 11 is 0. The number of benzene rings is 1. The fourth-order valence-corrected chi connectivity index (χ4v) is 0.428. The molecule has 0 heterocycles. The molecule has 0 bridgehead atoms. The highest BCUT2D eigenvalue weighted by Gasteiger charge is 1.75. The number of phenolic OH excluding ortho intramolecular Hbond substituents is 1. The minimum atomic E-state index is 0.139. The van der Waals surface area contributed by atoms with Crippen LogP contribution in [0.5, 0.6) is 5.75 Å². The molecule has 0 fully saturated rings. The maximum atomic E-state index is 8.63. The predicted octanol–water partition coefficient (Wildman–Crippen LogP) is 0.890. The Balaban J connectivity index is 0.000000217. The van der Waals surface area contributed by atoms with E-state index in [0.717, 1.165) is 0 Å². The van der Waals surface area contributed by atoms with E-state index >= 15 is 0 Å². The van der Waals surface area contributed by atoms with Crippen molar-refractivity contribution in [3.63, 3.8) is 0 Å². The first-order valence-corrected chi connectivity index (χ1v) is 3.66. The van der Waals surface area contributed by atoms with Gasteiger partial charge in [0.05, 0.1) is 6.73 Å². The van der Waals surface area contributed by atoms with Gasteiger partial charge in [-0.3, -0.25) is 4.90 Å². The van der Waals surface area contributed by atoms with E-state index in [1.54, 1.807) is 43.3 Å². The average Bonchev–Trinajstić information content (AvgIpc) is 2.07. The molecule has 1 aromatic carbocycles. The molecule has 3 nitrogen and oxygen atoms in total. The van der Waals surface area contributed by atoms with Crippen LogP contribution in [0.1, 0.15) is 0 Å². The van der Waals surface area contributed by atoms with E-state index in [2.05, 4.69) is 0 Å². The van der Waals surface area contributed by atoms with Crippen LogP contribution in [0, 0.1) is 0 Å². The van der Waals surface area contributed by atoms with E-state index in [9.17, 15) is 0 Å². The first kappa shape index (κ1) is 10.9. The Morgan fingerprint density at radius 2 is 1.58 bits per heavy atom. The lowest BCUT2D eigenvalue weighted by Crippen LogP contribution is -2.11. The van der Waals surface area contributed by atoms with Crippen LogP contribution in [-0.4, -0.2) is 35.9 Å². The SMILES string of the molecule is CN(C)CO.Oc1ccccc1. The molecular weight excluding hydrogens is 154 g/mol. The third kappa shape index (κ3) is 7.05. The normalized spacial score (nSPS) is 9.00. The Morgan fingerprint density at radius 3 is 1.75 bits per heavy atom. The van der Waals surface area contributed by atoms with Gasteiger partial charge in [0.25, 0.3) is 0 Å². The van der Waals surface area contributed by atoms with Gasteiger partial charge in [-0.2, -0.15) is 0 Å². The van der Waals surface area contributed by atoms with E-state index in [4.69, 9.17) is 10.2 Å². The van der Waals surface area contributed by atoms with Gasteiger partial charge in [-0.05, 0) is 26.2 Å². The predicted molar refractivity (Wildman–Crippen MR) is 48.9 cm³/mol. The maximum Gasteiger partial charge on any atom is 0.115 e. The Kier molecular flexibility index (Phi) is 6.05. The molecule has 0 amide bonds. The lowest BCUT2D eigenvalue weighted by Gasteiger charge is -1.99. The molecule has 0 aliphatic carbocycles. The zero-order valence-corrected chi connectivity index (χ0v) is 7.44. The van der Waals surface area contributed by atoms with Crippen molar-refractivity contribution in [3.05, 3.63) is 30.3 Å². The van der Waals surface area contributed by atoms with Gasteiger partial charge in [-0.25, -0.2) is 0 Å². The van der Waals surface area contributed by atoms with Crippen LogP contribution in [0.3, 0.4) is 0 Å². The van der Waals surface area contributed by atoms with E-state index in [0.29, 0.717) is 5.75 Å². The fraction of sp³-hybridized carbons (Fsp3) is 0.333. The first-order valence-electron chi connectivity index (χ1n) is 3.66. The Bertz CT molecular complexity index is 187. The molecule has 0 saturated heterocycles. The van der Waals surface area contributed by atoms with E-state index in [1.807, 2.05) is 6.07 Å². The molecule has 0 aromatic heterocycles. The summed E-state index contributed by atoms with van der Waals surface area (Å²) in [6.07, 6.45) is 0. The van der Waals surface area contributed by atoms with E-state index in [1.165, 1.54) is 0 Å². The number of aromatic hydroxyl groups is 1. The van der Waals surface area contributed by atoms with E-state index in [-0.39, 0.29) is 6.73 Å². The third-order valence-electron chi connectivity index (χ3n) is 1.04. The molecular formula is C9H15NO2. The number of phenols is 1. The largest absolute Gasteiger partial charge is 0.508 e. The van der Waals surface area contributed by atoms with Gasteiger partial charge in [0.15, 0.2) is 0 Å². The molecule has 0 saturated carbocycles. The van der Waals surface area contributed by atoms with E-state index < -0.39 is 0 Å². The monoisotopic (exact) mass is 169 g/mol. The van der Waals surface area contributed by atoms with Crippen LogP contribution in [0.25, 0.3) is 0 Å². The topological polar surface area (TPSA) is 43.7 Å². The summed E-state index contributed by atoms with van der Waals surface area (Å²) in [5.41, 5.74) is 0. The van der Waals surface area contributed by atoms with Crippen molar-refractivity contribution in [3.8, 4) is 5.75 Å². The number of para-hydroxylation sites is 1. The fourth-order valence-electron chi connectivity index (χ4n) is 0.428. The van der Waals surface area contributed by atoms with Crippen molar-refractivity contribution in [2.75, 3.05) is 20.8 Å². The Hall–Kier alpha value is -1.06. The Labute approximate surface area is 72.9 Å². The summed E-state index contributed by atoms with van der Waals surface area (Å²) in [7, 11) is 3.61. The molecule has 3 heteroatoms. The number of rotatable bonds is 1.